The van der Waals surface area contributed by atoms with E-state index in [1.165, 1.54) is 5.56 Å². The van der Waals surface area contributed by atoms with Gasteiger partial charge in [0.05, 0.1) is 36.7 Å². The number of aryl methyl sites for hydroxylation is 2. The van der Waals surface area contributed by atoms with E-state index in [-0.39, 0.29) is 0 Å². The van der Waals surface area contributed by atoms with Crippen molar-refractivity contribution in [2.75, 3.05) is 14.2 Å². The highest BCUT2D eigenvalue weighted by Gasteiger charge is 2.26. The SMILES string of the molecule is COc1ccc(N=C(c2ccc(C)cc2)c2c(-c3ccc(Cl)cc3)c3c(-c4ccc(Cl)cc4)c4cc(OC)ccc4nc3c3ccc(C)cc23)cc1. The fourth-order valence-corrected chi connectivity index (χ4v) is 7.22. The Morgan fingerprint density at radius 3 is 1.79 bits per heavy atom. The Balaban J connectivity index is 1.65. The van der Waals surface area contributed by atoms with Crippen LogP contribution in [0.25, 0.3) is 54.8 Å². The van der Waals surface area contributed by atoms with Crippen LogP contribution >= 0.6 is 23.2 Å². The molecule has 52 heavy (non-hydrogen) atoms. The molecule has 1 heterocycles. The third-order valence-electron chi connectivity index (χ3n) is 9.53. The number of aromatic nitrogens is 1. The second-order valence-corrected chi connectivity index (χ2v) is 13.8. The molecule has 0 aliphatic heterocycles. The van der Waals surface area contributed by atoms with E-state index in [2.05, 4.69) is 86.6 Å². The second-order valence-electron chi connectivity index (χ2n) is 12.9. The number of hydrogen-bond acceptors (Lipinski definition) is 4. The number of nitrogens with zero attached hydrogens (tertiary/aromatic N) is 2. The fraction of sp³-hybridized carbons (Fsp3) is 0.0870. The largest absolute Gasteiger partial charge is 0.497 e. The highest BCUT2D eigenvalue weighted by atomic mass is 35.5. The molecule has 0 bridgehead atoms. The average molecular weight is 718 g/mol. The van der Waals surface area contributed by atoms with Crippen molar-refractivity contribution in [2.45, 2.75) is 13.8 Å². The maximum Gasteiger partial charge on any atom is 0.119 e. The van der Waals surface area contributed by atoms with Crippen LogP contribution < -0.4 is 9.47 Å². The van der Waals surface area contributed by atoms with Crippen LogP contribution in [0.5, 0.6) is 11.5 Å². The van der Waals surface area contributed by atoms with E-state index in [0.29, 0.717) is 10.0 Å². The third-order valence-corrected chi connectivity index (χ3v) is 10.0. The lowest BCUT2D eigenvalue weighted by atomic mass is 9.82. The van der Waals surface area contributed by atoms with E-state index in [1.807, 2.05) is 60.7 Å². The first-order valence-corrected chi connectivity index (χ1v) is 17.8. The number of pyridine rings is 1. The summed E-state index contributed by atoms with van der Waals surface area (Å²) >= 11 is 13.1. The molecule has 0 unspecified atom stereocenters. The number of ether oxygens (including phenoxy) is 2. The molecule has 0 spiro atoms. The standard InChI is InChI=1S/C46H34Cl2N2O2/c1-27-5-8-31(9-6-27)45(49-34-18-20-35(51-3)21-19-34)43-38-25-28(2)7-23-37(38)46-44(42(43)30-12-16-33(48)17-13-30)41(29-10-14-32(47)15-11-29)39-26-36(52-4)22-24-40(39)50-46/h5-26H,1-4H3. The van der Waals surface area contributed by atoms with Gasteiger partial charge in [0.1, 0.15) is 11.5 Å². The number of aliphatic imine (C=N–C) groups is 1. The molecule has 0 radical (unpaired) electrons. The lowest BCUT2D eigenvalue weighted by Crippen LogP contribution is -2.09. The summed E-state index contributed by atoms with van der Waals surface area (Å²) in [7, 11) is 3.36. The Labute approximate surface area is 312 Å². The minimum Gasteiger partial charge on any atom is -0.497 e. The van der Waals surface area contributed by atoms with Crippen LogP contribution in [0.3, 0.4) is 0 Å². The monoisotopic (exact) mass is 716 g/mol. The van der Waals surface area contributed by atoms with Gasteiger partial charge in [-0.1, -0.05) is 101 Å². The van der Waals surface area contributed by atoms with Gasteiger partial charge < -0.3 is 9.47 Å². The Bertz CT molecular complexity index is 2650. The first kappa shape index (κ1) is 33.5. The minimum absolute atomic E-state index is 0.656. The van der Waals surface area contributed by atoms with E-state index in [0.717, 1.165) is 94.4 Å². The molecule has 0 N–H and O–H groups in total. The Hall–Kier alpha value is -5.68. The number of methoxy groups -OCH3 is 2. The van der Waals surface area contributed by atoms with Gasteiger partial charge in [0.25, 0.3) is 0 Å². The summed E-state index contributed by atoms with van der Waals surface area (Å²) in [5.41, 5.74) is 11.7. The molecule has 0 aliphatic rings. The van der Waals surface area contributed by atoms with E-state index < -0.39 is 0 Å². The van der Waals surface area contributed by atoms with Crippen molar-refractivity contribution in [3.8, 4) is 33.8 Å². The van der Waals surface area contributed by atoms with Crippen LogP contribution in [0.4, 0.5) is 5.69 Å². The zero-order valence-electron chi connectivity index (χ0n) is 29.2. The summed E-state index contributed by atoms with van der Waals surface area (Å²) in [4.78, 5) is 10.9. The van der Waals surface area contributed by atoms with Crippen molar-refractivity contribution in [1.29, 1.82) is 0 Å². The van der Waals surface area contributed by atoms with Crippen LogP contribution in [0.15, 0.2) is 138 Å². The van der Waals surface area contributed by atoms with Gasteiger partial charge in [-0.2, -0.15) is 0 Å². The summed E-state index contributed by atoms with van der Waals surface area (Å²) in [5, 5.41) is 5.35. The zero-order valence-corrected chi connectivity index (χ0v) is 30.7. The summed E-state index contributed by atoms with van der Waals surface area (Å²) in [6, 6.07) is 45.2. The molecule has 6 heteroatoms. The van der Waals surface area contributed by atoms with Gasteiger partial charge in [0.2, 0.25) is 0 Å². The molecule has 0 amide bonds. The fourth-order valence-electron chi connectivity index (χ4n) is 6.97. The van der Waals surface area contributed by atoms with Crippen LogP contribution in [-0.4, -0.2) is 24.9 Å². The molecule has 4 nitrogen and oxygen atoms in total. The molecule has 0 saturated carbocycles. The third kappa shape index (κ3) is 6.15. The van der Waals surface area contributed by atoms with E-state index in [1.54, 1.807) is 14.2 Å². The Morgan fingerprint density at radius 2 is 1.15 bits per heavy atom. The van der Waals surface area contributed by atoms with E-state index >= 15 is 0 Å². The van der Waals surface area contributed by atoms with E-state index in [9.17, 15) is 0 Å². The molecule has 0 fully saturated rings. The van der Waals surface area contributed by atoms with Crippen LogP contribution in [0, 0.1) is 13.8 Å². The first-order valence-electron chi connectivity index (χ1n) is 17.0. The van der Waals surface area contributed by atoms with Crippen LogP contribution in [0.1, 0.15) is 22.3 Å². The van der Waals surface area contributed by atoms with Crippen LogP contribution in [-0.2, 0) is 0 Å². The molecule has 7 aromatic carbocycles. The number of rotatable bonds is 7. The lowest BCUT2D eigenvalue weighted by Gasteiger charge is -2.23. The molecule has 0 saturated heterocycles. The molecule has 0 aliphatic carbocycles. The lowest BCUT2D eigenvalue weighted by molar-refractivity contribution is 0.415. The molecule has 8 aromatic rings. The molecule has 1 aromatic heterocycles. The van der Waals surface area contributed by atoms with E-state index in [4.69, 9.17) is 42.7 Å². The Kier molecular flexibility index (Phi) is 8.88. The zero-order chi connectivity index (χ0) is 35.9. The predicted octanol–water partition coefficient (Wildman–Crippen LogP) is 13.0. The highest BCUT2D eigenvalue weighted by molar-refractivity contribution is 6.34. The number of halogens is 2. The predicted molar refractivity (Wildman–Crippen MR) is 218 cm³/mol. The van der Waals surface area contributed by atoms with Crippen molar-refractivity contribution in [3.63, 3.8) is 0 Å². The average Bonchev–Trinajstić information content (AvgIpc) is 3.17. The van der Waals surface area contributed by atoms with Crippen molar-refractivity contribution >= 4 is 67.2 Å². The molecular formula is C46H34Cl2N2O2. The molecule has 8 rings (SSSR count). The van der Waals surface area contributed by atoms with Gasteiger partial charge >= 0.3 is 0 Å². The van der Waals surface area contributed by atoms with Crippen LogP contribution in [0.2, 0.25) is 10.0 Å². The maximum absolute atomic E-state index is 6.56. The van der Waals surface area contributed by atoms with Gasteiger partial charge in [0.15, 0.2) is 0 Å². The Morgan fingerprint density at radius 1 is 0.558 bits per heavy atom. The quantitative estimate of drug-likeness (QED) is 0.0936. The van der Waals surface area contributed by atoms with Gasteiger partial charge in [-0.3, -0.25) is 0 Å². The number of fused-ring (bicyclic) bond motifs is 4. The van der Waals surface area contributed by atoms with Gasteiger partial charge in [0, 0.05) is 48.5 Å². The molecular weight excluding hydrogens is 683 g/mol. The molecule has 0 atom stereocenters. The first-order chi connectivity index (χ1) is 25.3. The number of benzene rings is 7. The van der Waals surface area contributed by atoms with Gasteiger partial charge in [-0.15, -0.1) is 0 Å². The normalized spacial score (nSPS) is 11.8. The summed E-state index contributed by atoms with van der Waals surface area (Å²) in [6.07, 6.45) is 0. The number of hydrogen-bond donors (Lipinski definition) is 0. The highest BCUT2D eigenvalue weighted by Crippen LogP contribution is 2.47. The second kappa shape index (κ2) is 13.8. The van der Waals surface area contributed by atoms with Crippen molar-refractivity contribution < 1.29 is 9.47 Å². The molecule has 254 valence electrons. The topological polar surface area (TPSA) is 43.7 Å². The van der Waals surface area contributed by atoms with Gasteiger partial charge in [-0.25, -0.2) is 9.98 Å². The van der Waals surface area contributed by atoms with Crippen molar-refractivity contribution in [1.82, 2.24) is 4.98 Å². The van der Waals surface area contributed by atoms with Crippen molar-refractivity contribution in [2.24, 2.45) is 4.99 Å². The van der Waals surface area contributed by atoms with Crippen molar-refractivity contribution in [3.05, 3.63) is 166 Å². The summed E-state index contributed by atoms with van der Waals surface area (Å²) in [5.74, 6) is 1.51. The maximum atomic E-state index is 6.56. The summed E-state index contributed by atoms with van der Waals surface area (Å²) < 4.78 is 11.3. The van der Waals surface area contributed by atoms with Gasteiger partial charge in [-0.05, 0) is 97.1 Å². The smallest absolute Gasteiger partial charge is 0.119 e. The summed E-state index contributed by atoms with van der Waals surface area (Å²) in [6.45, 7) is 4.22. The minimum atomic E-state index is 0.656.